The number of aromatic nitrogens is 3. The smallest absolute Gasteiger partial charge is 0.219 e. The Morgan fingerprint density at radius 1 is 1.28 bits per heavy atom. The molecule has 5 heteroatoms. The molecule has 0 atom stereocenters. The van der Waals surface area contributed by atoms with Gasteiger partial charge in [-0.1, -0.05) is 35.5 Å². The lowest BCUT2D eigenvalue weighted by molar-refractivity contribution is -0.134. The van der Waals surface area contributed by atoms with Crippen molar-refractivity contribution in [2.24, 2.45) is 0 Å². The molecule has 0 unspecified atom stereocenters. The first-order valence-corrected chi connectivity index (χ1v) is 5.97. The number of hydrogen-bond donors (Lipinski definition) is 0. The van der Waals surface area contributed by atoms with Gasteiger partial charge in [-0.2, -0.15) is 0 Å². The summed E-state index contributed by atoms with van der Waals surface area (Å²) in [6, 6.07) is 10.2. The third kappa shape index (κ3) is 1.88. The minimum Gasteiger partial charge on any atom is -0.339 e. The Morgan fingerprint density at radius 2 is 2.00 bits per heavy atom. The molecule has 0 radical (unpaired) electrons. The molecule has 1 aromatic heterocycles. The van der Waals surface area contributed by atoms with Crippen molar-refractivity contribution in [3.8, 4) is 11.3 Å². The van der Waals surface area contributed by atoms with Crippen LogP contribution in [0.3, 0.4) is 0 Å². The molecule has 1 saturated heterocycles. The van der Waals surface area contributed by atoms with E-state index < -0.39 is 0 Å². The van der Waals surface area contributed by atoms with Crippen molar-refractivity contribution in [1.29, 1.82) is 0 Å². The Bertz CT molecular complexity index is 557. The van der Waals surface area contributed by atoms with E-state index in [0.29, 0.717) is 0 Å². The first-order chi connectivity index (χ1) is 8.74. The molecule has 0 spiro atoms. The highest BCUT2D eigenvalue weighted by molar-refractivity contribution is 5.74. The third-order valence-corrected chi connectivity index (χ3v) is 3.26. The Morgan fingerprint density at radius 3 is 2.67 bits per heavy atom. The molecule has 0 bridgehead atoms. The fourth-order valence-electron chi connectivity index (χ4n) is 2.08. The highest BCUT2D eigenvalue weighted by atomic mass is 16.2. The van der Waals surface area contributed by atoms with Crippen molar-refractivity contribution >= 4 is 5.91 Å². The van der Waals surface area contributed by atoms with Gasteiger partial charge in [0.2, 0.25) is 5.91 Å². The summed E-state index contributed by atoms with van der Waals surface area (Å²) in [6.45, 7) is 3.05. The summed E-state index contributed by atoms with van der Waals surface area (Å²) in [5.74, 6) is 0.120. The second kappa shape index (κ2) is 4.25. The van der Waals surface area contributed by atoms with Crippen LogP contribution in [0.15, 0.2) is 36.5 Å². The van der Waals surface area contributed by atoms with Crippen LogP contribution in [-0.2, 0) is 4.79 Å². The van der Waals surface area contributed by atoms with Gasteiger partial charge in [0.05, 0.1) is 12.2 Å². The normalized spacial score (nSPS) is 15.5. The van der Waals surface area contributed by atoms with Crippen LogP contribution in [0.1, 0.15) is 13.0 Å². The summed E-state index contributed by atoms with van der Waals surface area (Å²) in [4.78, 5) is 12.9. The fourth-order valence-corrected chi connectivity index (χ4v) is 2.08. The molecular formula is C13H14N4O. The van der Waals surface area contributed by atoms with Gasteiger partial charge in [0.25, 0.3) is 0 Å². The van der Waals surface area contributed by atoms with Crippen molar-refractivity contribution in [3.63, 3.8) is 0 Å². The summed E-state index contributed by atoms with van der Waals surface area (Å²) in [6.07, 6.45) is 1.94. The van der Waals surface area contributed by atoms with Crippen LogP contribution in [0.25, 0.3) is 11.3 Å². The molecule has 1 aliphatic rings. The van der Waals surface area contributed by atoms with E-state index >= 15 is 0 Å². The molecule has 18 heavy (non-hydrogen) atoms. The maximum Gasteiger partial charge on any atom is 0.219 e. The standard InChI is InChI=1S/C13H14N4O/c1-10(18)16-7-12(8-16)17-9-13(14-15-17)11-5-3-2-4-6-11/h2-6,9,12H,7-8H2,1H3. The lowest BCUT2D eigenvalue weighted by Gasteiger charge is -2.38. The molecule has 1 aliphatic heterocycles. The van der Waals surface area contributed by atoms with E-state index in [9.17, 15) is 4.79 Å². The predicted molar refractivity (Wildman–Crippen MR) is 66.7 cm³/mol. The second-order valence-corrected chi connectivity index (χ2v) is 4.53. The van der Waals surface area contributed by atoms with E-state index in [-0.39, 0.29) is 11.9 Å². The Labute approximate surface area is 105 Å². The monoisotopic (exact) mass is 242 g/mol. The fraction of sp³-hybridized carbons (Fsp3) is 0.308. The number of hydrogen-bond acceptors (Lipinski definition) is 3. The van der Waals surface area contributed by atoms with Crippen LogP contribution in [0.5, 0.6) is 0 Å². The predicted octanol–water partition coefficient (Wildman–Crippen LogP) is 1.35. The van der Waals surface area contributed by atoms with Crippen LogP contribution >= 0.6 is 0 Å². The van der Waals surface area contributed by atoms with E-state index in [4.69, 9.17) is 0 Å². The zero-order valence-electron chi connectivity index (χ0n) is 10.2. The molecule has 1 fully saturated rings. The lowest BCUT2D eigenvalue weighted by atomic mass is 10.1. The molecular weight excluding hydrogens is 228 g/mol. The number of likely N-dealkylation sites (tertiary alicyclic amines) is 1. The number of benzene rings is 1. The summed E-state index contributed by atoms with van der Waals surface area (Å²) < 4.78 is 1.85. The lowest BCUT2D eigenvalue weighted by Crippen LogP contribution is -2.50. The summed E-state index contributed by atoms with van der Waals surface area (Å²) in [5.41, 5.74) is 1.93. The van der Waals surface area contributed by atoms with Gasteiger partial charge in [0.15, 0.2) is 0 Å². The van der Waals surface area contributed by atoms with Crippen molar-refractivity contribution < 1.29 is 4.79 Å². The van der Waals surface area contributed by atoms with E-state index in [1.54, 1.807) is 11.8 Å². The Balaban J connectivity index is 1.74. The minimum atomic E-state index is 0.120. The van der Waals surface area contributed by atoms with Crippen molar-refractivity contribution in [2.75, 3.05) is 13.1 Å². The quantitative estimate of drug-likeness (QED) is 0.798. The van der Waals surface area contributed by atoms with Crippen LogP contribution in [0.4, 0.5) is 0 Å². The van der Waals surface area contributed by atoms with Gasteiger partial charge >= 0.3 is 0 Å². The number of rotatable bonds is 2. The average Bonchev–Trinajstić information content (AvgIpc) is 2.77. The van der Waals surface area contributed by atoms with Crippen molar-refractivity contribution in [2.45, 2.75) is 13.0 Å². The van der Waals surface area contributed by atoms with Crippen molar-refractivity contribution in [3.05, 3.63) is 36.5 Å². The first-order valence-electron chi connectivity index (χ1n) is 5.97. The Hall–Kier alpha value is -2.17. The zero-order valence-corrected chi connectivity index (χ0v) is 10.2. The molecule has 2 aromatic rings. The zero-order chi connectivity index (χ0) is 12.5. The van der Waals surface area contributed by atoms with Gasteiger partial charge in [0, 0.05) is 25.6 Å². The third-order valence-electron chi connectivity index (χ3n) is 3.26. The molecule has 1 amide bonds. The van der Waals surface area contributed by atoms with Gasteiger partial charge in [0.1, 0.15) is 5.69 Å². The van der Waals surface area contributed by atoms with Crippen LogP contribution < -0.4 is 0 Å². The van der Waals surface area contributed by atoms with E-state index in [2.05, 4.69) is 10.3 Å². The van der Waals surface area contributed by atoms with Gasteiger partial charge in [-0.05, 0) is 0 Å². The van der Waals surface area contributed by atoms with Gasteiger partial charge in [-0.3, -0.25) is 4.79 Å². The number of carbonyl (C=O) groups is 1. The highest BCUT2D eigenvalue weighted by Crippen LogP contribution is 2.22. The molecule has 0 saturated carbocycles. The molecule has 92 valence electrons. The summed E-state index contributed by atoms with van der Waals surface area (Å²) in [7, 11) is 0. The van der Waals surface area contributed by atoms with E-state index in [1.807, 2.05) is 41.2 Å². The SMILES string of the molecule is CC(=O)N1CC(n2cc(-c3ccccc3)nn2)C1. The highest BCUT2D eigenvalue weighted by Gasteiger charge is 2.30. The maximum atomic E-state index is 11.1. The first kappa shape index (κ1) is 11.0. The largest absolute Gasteiger partial charge is 0.339 e. The number of carbonyl (C=O) groups excluding carboxylic acids is 1. The summed E-state index contributed by atoms with van der Waals surface area (Å²) >= 11 is 0. The number of nitrogens with zero attached hydrogens (tertiary/aromatic N) is 4. The minimum absolute atomic E-state index is 0.120. The number of amides is 1. The summed E-state index contributed by atoms with van der Waals surface area (Å²) in [5, 5.41) is 8.31. The Kier molecular flexibility index (Phi) is 2.59. The van der Waals surface area contributed by atoms with Crippen LogP contribution in [-0.4, -0.2) is 38.9 Å². The second-order valence-electron chi connectivity index (χ2n) is 4.53. The molecule has 3 rings (SSSR count). The van der Waals surface area contributed by atoms with Gasteiger partial charge in [-0.25, -0.2) is 4.68 Å². The molecule has 0 N–H and O–H groups in total. The van der Waals surface area contributed by atoms with Crippen LogP contribution in [0.2, 0.25) is 0 Å². The van der Waals surface area contributed by atoms with E-state index in [0.717, 1.165) is 24.3 Å². The maximum absolute atomic E-state index is 11.1. The molecule has 0 aliphatic carbocycles. The molecule has 2 heterocycles. The molecule has 5 nitrogen and oxygen atoms in total. The van der Waals surface area contributed by atoms with Crippen molar-refractivity contribution in [1.82, 2.24) is 19.9 Å². The van der Waals surface area contributed by atoms with Gasteiger partial charge < -0.3 is 4.90 Å². The van der Waals surface area contributed by atoms with Crippen LogP contribution in [0, 0.1) is 0 Å². The molecule has 1 aromatic carbocycles. The average molecular weight is 242 g/mol. The van der Waals surface area contributed by atoms with E-state index in [1.165, 1.54) is 0 Å². The topological polar surface area (TPSA) is 51.0 Å². The van der Waals surface area contributed by atoms with Gasteiger partial charge in [-0.15, -0.1) is 5.10 Å².